The molecule has 0 aliphatic heterocycles. The van der Waals surface area contributed by atoms with Gasteiger partial charge in [0.05, 0.1) is 17.6 Å². The zero-order valence-corrected chi connectivity index (χ0v) is 9.05. The molecule has 0 saturated heterocycles. The number of rotatable bonds is 3. The highest BCUT2D eigenvalue weighted by Crippen LogP contribution is 2.24. The zero-order valence-electron chi connectivity index (χ0n) is 9.05. The van der Waals surface area contributed by atoms with Crippen LogP contribution in [0.4, 0.5) is 13.2 Å². The fourth-order valence-electron chi connectivity index (χ4n) is 1.34. The van der Waals surface area contributed by atoms with E-state index in [1.54, 1.807) is 6.07 Å². The summed E-state index contributed by atoms with van der Waals surface area (Å²) in [6.45, 7) is 0.207. The molecule has 0 amide bonds. The third kappa shape index (κ3) is 2.98. The van der Waals surface area contributed by atoms with E-state index in [0.717, 1.165) is 0 Å². The number of benzene rings is 1. The summed E-state index contributed by atoms with van der Waals surface area (Å²) >= 11 is 0. The average Bonchev–Trinajstić information content (AvgIpc) is 2.75. The van der Waals surface area contributed by atoms with Crippen molar-refractivity contribution in [3.8, 4) is 11.4 Å². The minimum atomic E-state index is -4.72. The molecule has 0 aliphatic carbocycles. The Labute approximate surface area is 100.0 Å². The first-order valence-electron chi connectivity index (χ1n) is 4.95. The summed E-state index contributed by atoms with van der Waals surface area (Å²) in [5.41, 5.74) is 6.31. The number of alkyl halides is 3. The van der Waals surface area contributed by atoms with Crippen molar-refractivity contribution in [1.29, 1.82) is 0 Å². The SMILES string of the molecule is NCc1cn(-c2cccc(OC(F)(F)F)c2)nn1. The van der Waals surface area contributed by atoms with E-state index in [1.807, 2.05) is 0 Å². The normalized spacial score (nSPS) is 11.6. The van der Waals surface area contributed by atoms with Gasteiger partial charge in [0.1, 0.15) is 5.75 Å². The number of nitrogens with zero attached hydrogens (tertiary/aromatic N) is 3. The highest BCUT2D eigenvalue weighted by atomic mass is 19.4. The van der Waals surface area contributed by atoms with Crippen LogP contribution in [-0.4, -0.2) is 21.4 Å². The van der Waals surface area contributed by atoms with Crippen LogP contribution in [0.15, 0.2) is 30.5 Å². The number of hydrogen-bond donors (Lipinski definition) is 1. The van der Waals surface area contributed by atoms with Crippen molar-refractivity contribution in [2.24, 2.45) is 5.73 Å². The maximum absolute atomic E-state index is 12.1. The lowest BCUT2D eigenvalue weighted by molar-refractivity contribution is -0.274. The van der Waals surface area contributed by atoms with Gasteiger partial charge in [-0.25, -0.2) is 4.68 Å². The van der Waals surface area contributed by atoms with E-state index >= 15 is 0 Å². The molecule has 0 aliphatic rings. The van der Waals surface area contributed by atoms with Crippen LogP contribution in [0, 0.1) is 0 Å². The fourth-order valence-corrected chi connectivity index (χ4v) is 1.34. The Balaban J connectivity index is 2.26. The molecule has 5 nitrogen and oxygen atoms in total. The molecule has 0 saturated carbocycles. The van der Waals surface area contributed by atoms with E-state index in [4.69, 9.17) is 5.73 Å². The Hall–Kier alpha value is -2.09. The number of nitrogens with two attached hydrogens (primary N) is 1. The molecular formula is C10H9F3N4O. The van der Waals surface area contributed by atoms with Crippen LogP contribution in [0.2, 0.25) is 0 Å². The van der Waals surface area contributed by atoms with Crippen molar-refractivity contribution < 1.29 is 17.9 Å². The maximum Gasteiger partial charge on any atom is 0.573 e. The van der Waals surface area contributed by atoms with Crippen LogP contribution < -0.4 is 10.5 Å². The van der Waals surface area contributed by atoms with Crippen molar-refractivity contribution in [3.05, 3.63) is 36.2 Å². The molecule has 0 bridgehead atoms. The Kier molecular flexibility index (Phi) is 3.19. The second-order valence-electron chi connectivity index (χ2n) is 3.40. The highest BCUT2D eigenvalue weighted by molar-refractivity contribution is 5.38. The molecule has 0 radical (unpaired) electrons. The monoisotopic (exact) mass is 258 g/mol. The van der Waals surface area contributed by atoms with E-state index in [-0.39, 0.29) is 12.3 Å². The molecule has 2 aromatic rings. The first kappa shape index (κ1) is 12.4. The topological polar surface area (TPSA) is 66.0 Å². The summed E-state index contributed by atoms with van der Waals surface area (Å²) in [5, 5.41) is 7.48. The quantitative estimate of drug-likeness (QED) is 0.908. The van der Waals surface area contributed by atoms with Gasteiger partial charge in [-0.15, -0.1) is 18.3 Å². The van der Waals surface area contributed by atoms with Crippen LogP contribution in [0.5, 0.6) is 5.75 Å². The first-order valence-corrected chi connectivity index (χ1v) is 4.95. The molecule has 2 N–H and O–H groups in total. The van der Waals surface area contributed by atoms with Crippen LogP contribution in [0.3, 0.4) is 0 Å². The van der Waals surface area contributed by atoms with Gasteiger partial charge >= 0.3 is 6.36 Å². The molecule has 1 aromatic carbocycles. The van der Waals surface area contributed by atoms with Gasteiger partial charge in [0.15, 0.2) is 0 Å². The second-order valence-corrected chi connectivity index (χ2v) is 3.40. The van der Waals surface area contributed by atoms with Crippen molar-refractivity contribution >= 4 is 0 Å². The highest BCUT2D eigenvalue weighted by Gasteiger charge is 2.31. The van der Waals surface area contributed by atoms with E-state index in [1.165, 1.54) is 29.1 Å². The molecule has 2 rings (SSSR count). The summed E-state index contributed by atoms with van der Waals surface area (Å²) in [6.07, 6.45) is -3.18. The molecule has 0 fully saturated rings. The predicted octanol–water partition coefficient (Wildman–Crippen LogP) is 1.62. The Bertz CT molecular complexity index is 538. The minimum Gasteiger partial charge on any atom is -0.406 e. The largest absolute Gasteiger partial charge is 0.573 e. The molecule has 0 atom stereocenters. The summed E-state index contributed by atoms with van der Waals surface area (Å²) in [7, 11) is 0. The lowest BCUT2D eigenvalue weighted by Gasteiger charge is -2.09. The van der Waals surface area contributed by atoms with E-state index in [9.17, 15) is 13.2 Å². The fraction of sp³-hybridized carbons (Fsp3) is 0.200. The van der Waals surface area contributed by atoms with Crippen molar-refractivity contribution in [2.75, 3.05) is 0 Å². The smallest absolute Gasteiger partial charge is 0.406 e. The molecule has 18 heavy (non-hydrogen) atoms. The maximum atomic E-state index is 12.1. The van der Waals surface area contributed by atoms with Gasteiger partial charge in [0.2, 0.25) is 0 Å². The summed E-state index contributed by atoms with van der Waals surface area (Å²) in [4.78, 5) is 0. The summed E-state index contributed by atoms with van der Waals surface area (Å²) < 4.78 is 41.3. The van der Waals surface area contributed by atoms with E-state index < -0.39 is 6.36 Å². The van der Waals surface area contributed by atoms with Gasteiger partial charge in [-0.2, -0.15) is 0 Å². The summed E-state index contributed by atoms with van der Waals surface area (Å²) in [5.74, 6) is -0.315. The third-order valence-electron chi connectivity index (χ3n) is 2.07. The zero-order chi connectivity index (χ0) is 13.2. The van der Waals surface area contributed by atoms with Gasteiger partial charge < -0.3 is 10.5 Å². The van der Waals surface area contributed by atoms with Crippen LogP contribution >= 0.6 is 0 Å². The van der Waals surface area contributed by atoms with Gasteiger partial charge in [-0.3, -0.25) is 0 Å². The van der Waals surface area contributed by atoms with Crippen LogP contribution in [0.1, 0.15) is 5.69 Å². The number of ether oxygens (including phenoxy) is 1. The Morgan fingerprint density at radius 3 is 2.72 bits per heavy atom. The lowest BCUT2D eigenvalue weighted by atomic mass is 10.3. The molecule has 96 valence electrons. The van der Waals surface area contributed by atoms with Crippen molar-refractivity contribution in [1.82, 2.24) is 15.0 Å². The van der Waals surface area contributed by atoms with E-state index in [0.29, 0.717) is 11.4 Å². The second kappa shape index (κ2) is 4.65. The molecule has 8 heteroatoms. The van der Waals surface area contributed by atoms with Gasteiger partial charge in [-0.05, 0) is 12.1 Å². The van der Waals surface area contributed by atoms with Crippen LogP contribution in [-0.2, 0) is 6.54 Å². The molecule has 1 heterocycles. The Morgan fingerprint density at radius 1 is 1.33 bits per heavy atom. The molecule has 0 spiro atoms. The van der Waals surface area contributed by atoms with Gasteiger partial charge in [-0.1, -0.05) is 11.3 Å². The average molecular weight is 258 g/mol. The predicted molar refractivity (Wildman–Crippen MR) is 55.9 cm³/mol. The van der Waals surface area contributed by atoms with Gasteiger partial charge in [0, 0.05) is 12.6 Å². The van der Waals surface area contributed by atoms with Gasteiger partial charge in [0.25, 0.3) is 0 Å². The molecular weight excluding hydrogens is 249 g/mol. The Morgan fingerprint density at radius 2 is 2.11 bits per heavy atom. The number of halogens is 3. The van der Waals surface area contributed by atoms with E-state index in [2.05, 4.69) is 15.0 Å². The third-order valence-corrected chi connectivity index (χ3v) is 2.07. The molecule has 1 aromatic heterocycles. The first-order chi connectivity index (χ1) is 8.48. The van der Waals surface area contributed by atoms with Crippen molar-refractivity contribution in [2.45, 2.75) is 12.9 Å². The summed E-state index contributed by atoms with van der Waals surface area (Å²) in [6, 6.07) is 5.43. The minimum absolute atomic E-state index is 0.207. The standard InChI is InChI=1S/C10H9F3N4O/c11-10(12,13)18-9-3-1-2-8(4-9)17-6-7(5-14)15-16-17/h1-4,6H,5,14H2. The van der Waals surface area contributed by atoms with Crippen molar-refractivity contribution in [3.63, 3.8) is 0 Å². The van der Waals surface area contributed by atoms with Crippen LogP contribution in [0.25, 0.3) is 5.69 Å². The lowest BCUT2D eigenvalue weighted by Crippen LogP contribution is -2.17. The molecule has 0 unspecified atom stereocenters. The number of hydrogen-bond acceptors (Lipinski definition) is 4. The number of aromatic nitrogens is 3.